The molecule has 2 aromatic rings. The van der Waals surface area contributed by atoms with Crippen LogP contribution in [0.2, 0.25) is 0 Å². The molecule has 0 unspecified atom stereocenters. The number of thiocarbonyl (C=S) groups is 1. The first-order valence-electron chi connectivity index (χ1n) is 8.38. The van der Waals surface area contributed by atoms with Crippen molar-refractivity contribution in [2.45, 2.75) is 6.54 Å². The van der Waals surface area contributed by atoms with Crippen molar-refractivity contribution in [2.24, 2.45) is 0 Å². The minimum Gasteiger partial charge on any atom is -0.465 e. The molecule has 3 rings (SSSR count). The number of amides is 1. The van der Waals surface area contributed by atoms with Crippen LogP contribution in [-0.4, -0.2) is 44.9 Å². The number of nitrogens with one attached hydrogen (secondary N) is 2. The molecular weight excluding hydrogens is 444 g/mol. The molecule has 0 bridgehead atoms. The van der Waals surface area contributed by atoms with Crippen LogP contribution in [0, 0.1) is 0 Å². The molecular formula is C19H17BrN4O3S. The van der Waals surface area contributed by atoms with Crippen LogP contribution in [0.15, 0.2) is 64.5 Å². The summed E-state index contributed by atoms with van der Waals surface area (Å²) in [5, 5.41) is 15.6. The molecule has 2 heterocycles. The zero-order chi connectivity index (χ0) is 20.1. The molecule has 0 saturated carbocycles. The van der Waals surface area contributed by atoms with E-state index in [0.717, 1.165) is 20.6 Å². The van der Waals surface area contributed by atoms with Gasteiger partial charge in [0.05, 0.1) is 18.7 Å². The van der Waals surface area contributed by atoms with E-state index in [2.05, 4.69) is 31.5 Å². The first-order valence-corrected chi connectivity index (χ1v) is 9.58. The molecule has 28 heavy (non-hydrogen) atoms. The van der Waals surface area contributed by atoms with Crippen molar-refractivity contribution in [3.63, 3.8) is 0 Å². The Morgan fingerprint density at radius 1 is 1.25 bits per heavy atom. The fourth-order valence-corrected chi connectivity index (χ4v) is 3.50. The highest BCUT2D eigenvalue weighted by atomic mass is 79.9. The van der Waals surface area contributed by atoms with E-state index in [1.54, 1.807) is 12.4 Å². The van der Waals surface area contributed by atoms with Gasteiger partial charge in [0.25, 0.3) is 0 Å². The van der Waals surface area contributed by atoms with Crippen LogP contribution in [0.4, 0.5) is 10.5 Å². The SMILES string of the molecule is O=C1CN(C(=O)O)CC(NCc2ccncc2Br)=C1C(=S)Nc1ccccc1. The average molecular weight is 461 g/mol. The summed E-state index contributed by atoms with van der Waals surface area (Å²) < 4.78 is 0.812. The van der Waals surface area contributed by atoms with Gasteiger partial charge >= 0.3 is 6.09 Å². The maximum absolute atomic E-state index is 12.7. The Hall–Kier alpha value is -2.78. The number of ketones is 1. The minimum absolute atomic E-state index is 0.0513. The number of para-hydroxylation sites is 1. The van der Waals surface area contributed by atoms with Gasteiger partial charge in [-0.15, -0.1) is 0 Å². The number of Topliss-reactive ketones (excluding diaryl/α,β-unsaturated/α-hetero) is 1. The molecule has 1 amide bonds. The summed E-state index contributed by atoms with van der Waals surface area (Å²) in [6.45, 7) is 0.206. The Labute approximate surface area is 175 Å². The number of hydrogen-bond donors (Lipinski definition) is 3. The van der Waals surface area contributed by atoms with Gasteiger partial charge in [-0.05, 0) is 39.7 Å². The zero-order valence-electron chi connectivity index (χ0n) is 14.7. The van der Waals surface area contributed by atoms with Gasteiger partial charge in [0, 0.05) is 34.8 Å². The first-order chi connectivity index (χ1) is 13.5. The molecule has 0 radical (unpaired) electrons. The van der Waals surface area contributed by atoms with Gasteiger partial charge in [-0.3, -0.25) is 14.7 Å². The average Bonchev–Trinajstić information content (AvgIpc) is 2.67. The van der Waals surface area contributed by atoms with Crippen molar-refractivity contribution in [2.75, 3.05) is 18.4 Å². The topological polar surface area (TPSA) is 94.6 Å². The maximum Gasteiger partial charge on any atom is 0.408 e. The zero-order valence-corrected chi connectivity index (χ0v) is 17.1. The van der Waals surface area contributed by atoms with Crippen molar-refractivity contribution < 1.29 is 14.7 Å². The Balaban J connectivity index is 1.88. The Bertz CT molecular complexity index is 949. The number of aromatic nitrogens is 1. The molecule has 0 atom stereocenters. The molecule has 9 heteroatoms. The van der Waals surface area contributed by atoms with E-state index in [9.17, 15) is 14.7 Å². The molecule has 1 aromatic carbocycles. The summed E-state index contributed by atoms with van der Waals surface area (Å²) in [6, 6.07) is 11.1. The van der Waals surface area contributed by atoms with Gasteiger partial charge in [0.15, 0.2) is 5.78 Å². The van der Waals surface area contributed by atoms with Gasteiger partial charge in [-0.2, -0.15) is 0 Å². The third kappa shape index (κ3) is 4.73. The second-order valence-electron chi connectivity index (χ2n) is 6.06. The van der Waals surface area contributed by atoms with Gasteiger partial charge in [0.2, 0.25) is 0 Å². The summed E-state index contributed by atoms with van der Waals surface area (Å²) in [6.07, 6.45) is 2.18. The number of carboxylic acid groups (broad SMARTS) is 1. The summed E-state index contributed by atoms with van der Waals surface area (Å²) in [7, 11) is 0. The highest BCUT2D eigenvalue weighted by Crippen LogP contribution is 2.20. The lowest BCUT2D eigenvalue weighted by atomic mass is 10.0. The van der Waals surface area contributed by atoms with Crippen LogP contribution in [0.3, 0.4) is 0 Å². The first kappa shape index (κ1) is 20.0. The van der Waals surface area contributed by atoms with Crippen LogP contribution in [0.5, 0.6) is 0 Å². The highest BCUT2D eigenvalue weighted by Gasteiger charge is 2.31. The summed E-state index contributed by atoms with van der Waals surface area (Å²) in [5.74, 6) is -0.349. The van der Waals surface area contributed by atoms with Crippen LogP contribution in [-0.2, 0) is 11.3 Å². The fraction of sp³-hybridized carbons (Fsp3) is 0.158. The van der Waals surface area contributed by atoms with Crippen molar-refractivity contribution in [1.29, 1.82) is 0 Å². The second-order valence-corrected chi connectivity index (χ2v) is 7.32. The number of carbonyl (C=O) groups is 2. The molecule has 0 aliphatic carbocycles. The van der Waals surface area contributed by atoms with E-state index in [1.165, 1.54) is 0 Å². The number of halogens is 1. The van der Waals surface area contributed by atoms with E-state index in [4.69, 9.17) is 12.2 Å². The summed E-state index contributed by atoms with van der Waals surface area (Å²) in [5.41, 5.74) is 2.45. The van der Waals surface area contributed by atoms with E-state index >= 15 is 0 Å². The van der Waals surface area contributed by atoms with Gasteiger partial charge in [-0.25, -0.2) is 4.79 Å². The van der Waals surface area contributed by atoms with Gasteiger partial charge in [0.1, 0.15) is 4.99 Å². The van der Waals surface area contributed by atoms with Gasteiger partial charge in [-0.1, -0.05) is 30.4 Å². The lowest BCUT2D eigenvalue weighted by Gasteiger charge is -2.29. The number of anilines is 1. The third-order valence-corrected chi connectivity index (χ3v) is 5.16. The van der Waals surface area contributed by atoms with E-state index in [1.807, 2.05) is 36.4 Å². The summed E-state index contributed by atoms with van der Waals surface area (Å²) >= 11 is 8.88. The Morgan fingerprint density at radius 3 is 2.68 bits per heavy atom. The molecule has 1 aliphatic rings. The monoisotopic (exact) mass is 460 g/mol. The minimum atomic E-state index is -1.15. The molecule has 1 aromatic heterocycles. The van der Waals surface area contributed by atoms with Crippen molar-refractivity contribution in [1.82, 2.24) is 15.2 Å². The van der Waals surface area contributed by atoms with Crippen molar-refractivity contribution in [3.8, 4) is 0 Å². The molecule has 1 aliphatic heterocycles. The Morgan fingerprint density at radius 2 is 2.00 bits per heavy atom. The number of pyridine rings is 1. The molecule has 0 spiro atoms. The fourth-order valence-electron chi connectivity index (χ4n) is 2.75. The largest absolute Gasteiger partial charge is 0.465 e. The van der Waals surface area contributed by atoms with Crippen molar-refractivity contribution >= 4 is 50.7 Å². The molecule has 0 saturated heterocycles. The highest BCUT2D eigenvalue weighted by molar-refractivity contribution is 9.10. The lowest BCUT2D eigenvalue weighted by molar-refractivity contribution is -0.116. The van der Waals surface area contributed by atoms with Crippen LogP contribution in [0.1, 0.15) is 5.56 Å². The number of carbonyl (C=O) groups excluding carboxylic acids is 1. The van der Waals surface area contributed by atoms with E-state index in [-0.39, 0.29) is 23.9 Å². The number of benzene rings is 1. The Kier molecular flexibility index (Phi) is 6.37. The molecule has 3 N–H and O–H groups in total. The second kappa shape index (κ2) is 8.94. The van der Waals surface area contributed by atoms with E-state index in [0.29, 0.717) is 17.8 Å². The quantitative estimate of drug-likeness (QED) is 0.589. The maximum atomic E-state index is 12.7. The summed E-state index contributed by atoms with van der Waals surface area (Å²) in [4.78, 5) is 29.4. The molecule has 7 nitrogen and oxygen atoms in total. The lowest BCUT2D eigenvalue weighted by Crippen LogP contribution is -2.46. The molecule has 0 fully saturated rings. The number of hydrogen-bond acceptors (Lipinski definition) is 5. The predicted molar refractivity (Wildman–Crippen MR) is 113 cm³/mol. The smallest absolute Gasteiger partial charge is 0.408 e. The number of rotatable bonds is 5. The number of nitrogens with zero attached hydrogens (tertiary/aromatic N) is 2. The van der Waals surface area contributed by atoms with Gasteiger partial charge < -0.3 is 15.7 Å². The van der Waals surface area contributed by atoms with Crippen LogP contribution < -0.4 is 10.6 Å². The van der Waals surface area contributed by atoms with E-state index < -0.39 is 6.09 Å². The predicted octanol–water partition coefficient (Wildman–Crippen LogP) is 3.19. The normalized spacial score (nSPS) is 14.0. The standard InChI is InChI=1S/C19H17BrN4O3S/c20-14-9-21-7-6-12(14)8-22-15-10-24(19(26)27)11-16(25)17(15)18(28)23-13-4-2-1-3-5-13/h1-7,9,22H,8,10-11H2,(H,23,28)(H,26,27). The van der Waals surface area contributed by atoms with Crippen molar-refractivity contribution in [3.05, 3.63) is 70.1 Å². The molecule has 144 valence electrons. The third-order valence-electron chi connectivity index (χ3n) is 4.14. The van der Waals surface area contributed by atoms with Crippen LogP contribution in [0.25, 0.3) is 0 Å². The van der Waals surface area contributed by atoms with Crippen LogP contribution >= 0.6 is 28.1 Å².